The summed E-state index contributed by atoms with van der Waals surface area (Å²) < 4.78 is 48.1. The third-order valence-electron chi connectivity index (χ3n) is 4.66. The lowest BCUT2D eigenvalue weighted by Gasteiger charge is -2.20. The average molecular weight is 446 g/mol. The first-order valence-corrected chi connectivity index (χ1v) is 9.47. The molecule has 3 aromatic rings. The maximum Gasteiger partial charge on any atom is 0.306 e. The number of esters is 1. The van der Waals surface area contributed by atoms with E-state index < -0.39 is 22.5 Å². The highest BCUT2D eigenvalue weighted by Gasteiger charge is 2.22. The van der Waals surface area contributed by atoms with Crippen LogP contribution in [0.2, 0.25) is 0 Å². The smallest absolute Gasteiger partial charge is 0.306 e. The van der Waals surface area contributed by atoms with Crippen LogP contribution in [0, 0.1) is 21.7 Å². The van der Waals surface area contributed by atoms with Gasteiger partial charge in [0.1, 0.15) is 24.0 Å². The summed E-state index contributed by atoms with van der Waals surface area (Å²) in [5.74, 6) is -1.42. The molecule has 0 radical (unpaired) electrons. The molecular weight excluding hydrogens is 430 g/mol. The standard InChI is InChI=1S/C21H16F2N2O7/c22-14-1-2-16(17(23)7-14)18-8-24-19(32-18)3-4-20(26)30-10-13-6-15(25(27)28)5-12-9-29-11-31-21(12)13/h1-2,5-8H,3-4,9-11H2. The van der Waals surface area contributed by atoms with Crippen molar-refractivity contribution in [2.75, 3.05) is 6.79 Å². The highest BCUT2D eigenvalue weighted by molar-refractivity contribution is 5.69. The third kappa shape index (κ3) is 4.72. The van der Waals surface area contributed by atoms with E-state index in [1.807, 2.05) is 0 Å². The number of ether oxygens (including phenoxy) is 3. The van der Waals surface area contributed by atoms with Crippen LogP contribution in [0.4, 0.5) is 14.5 Å². The predicted molar refractivity (Wildman–Crippen MR) is 103 cm³/mol. The Hall–Kier alpha value is -3.86. The van der Waals surface area contributed by atoms with Gasteiger partial charge in [0.15, 0.2) is 18.4 Å². The molecule has 0 bridgehead atoms. The Balaban J connectivity index is 1.37. The number of fused-ring (bicyclic) bond motifs is 1. The summed E-state index contributed by atoms with van der Waals surface area (Å²) in [4.78, 5) is 26.7. The number of nitro benzene ring substituents is 1. The van der Waals surface area contributed by atoms with Crippen LogP contribution in [0.25, 0.3) is 11.3 Å². The number of carbonyl (C=O) groups is 1. The maximum atomic E-state index is 13.9. The van der Waals surface area contributed by atoms with Gasteiger partial charge in [-0.3, -0.25) is 14.9 Å². The average Bonchev–Trinajstić information content (AvgIpc) is 3.24. The number of nitrogens with zero attached hydrogens (tertiary/aromatic N) is 2. The molecule has 166 valence electrons. The zero-order valence-corrected chi connectivity index (χ0v) is 16.5. The molecule has 9 nitrogen and oxygen atoms in total. The van der Waals surface area contributed by atoms with Crippen molar-refractivity contribution in [3.05, 3.63) is 75.3 Å². The highest BCUT2D eigenvalue weighted by atomic mass is 19.1. The summed E-state index contributed by atoms with van der Waals surface area (Å²) >= 11 is 0. The molecule has 1 aromatic heterocycles. The molecule has 0 fully saturated rings. The van der Waals surface area contributed by atoms with Crippen LogP contribution in [0.5, 0.6) is 5.75 Å². The summed E-state index contributed by atoms with van der Waals surface area (Å²) in [5, 5.41) is 11.1. The second-order valence-electron chi connectivity index (χ2n) is 6.86. The Bertz CT molecular complexity index is 1180. The molecule has 11 heteroatoms. The number of nitro groups is 1. The van der Waals surface area contributed by atoms with Crippen molar-refractivity contribution in [3.8, 4) is 17.1 Å². The first kappa shape index (κ1) is 21.4. The van der Waals surface area contributed by atoms with Gasteiger partial charge in [-0.2, -0.15) is 0 Å². The van der Waals surface area contributed by atoms with Gasteiger partial charge in [0, 0.05) is 35.7 Å². The lowest BCUT2D eigenvalue weighted by atomic mass is 10.1. The molecule has 0 saturated carbocycles. The van der Waals surface area contributed by atoms with Crippen molar-refractivity contribution >= 4 is 11.7 Å². The molecule has 1 aliphatic rings. The molecule has 0 spiro atoms. The molecule has 1 aliphatic heterocycles. The van der Waals surface area contributed by atoms with Crippen LogP contribution in [0.15, 0.2) is 40.9 Å². The number of hydrogen-bond donors (Lipinski definition) is 0. The van der Waals surface area contributed by atoms with Crippen molar-refractivity contribution in [3.63, 3.8) is 0 Å². The fraction of sp³-hybridized carbons (Fsp3) is 0.238. The molecule has 32 heavy (non-hydrogen) atoms. The zero-order chi connectivity index (χ0) is 22.7. The minimum Gasteiger partial charge on any atom is -0.467 e. The van der Waals surface area contributed by atoms with Crippen LogP contribution >= 0.6 is 0 Å². The molecule has 2 heterocycles. The van der Waals surface area contributed by atoms with Crippen LogP contribution in [-0.2, 0) is 33.9 Å². The molecule has 0 saturated heterocycles. The number of aryl methyl sites for hydroxylation is 1. The number of benzene rings is 2. The van der Waals surface area contributed by atoms with Gasteiger partial charge < -0.3 is 18.6 Å². The van der Waals surface area contributed by atoms with Gasteiger partial charge >= 0.3 is 5.97 Å². The largest absolute Gasteiger partial charge is 0.467 e. The summed E-state index contributed by atoms with van der Waals surface area (Å²) in [7, 11) is 0. The van der Waals surface area contributed by atoms with E-state index in [0.29, 0.717) is 16.9 Å². The number of aromatic nitrogens is 1. The van der Waals surface area contributed by atoms with E-state index in [-0.39, 0.29) is 55.8 Å². The zero-order valence-electron chi connectivity index (χ0n) is 16.5. The Labute approximate surface area is 179 Å². The Morgan fingerprint density at radius 3 is 2.88 bits per heavy atom. The number of non-ortho nitro benzene ring substituents is 1. The van der Waals surface area contributed by atoms with Gasteiger partial charge in [0.05, 0.1) is 29.7 Å². The van der Waals surface area contributed by atoms with Crippen LogP contribution in [0.3, 0.4) is 0 Å². The molecule has 0 N–H and O–H groups in total. The van der Waals surface area contributed by atoms with Crippen molar-refractivity contribution in [1.29, 1.82) is 0 Å². The van der Waals surface area contributed by atoms with Gasteiger partial charge in [-0.15, -0.1) is 0 Å². The predicted octanol–water partition coefficient (Wildman–Crippen LogP) is 4.07. The lowest BCUT2D eigenvalue weighted by Crippen LogP contribution is -2.15. The SMILES string of the molecule is O=C(CCc1ncc(-c2ccc(F)cc2F)o1)OCc1cc([N+](=O)[O-])cc2c1OCOC2. The fourth-order valence-corrected chi connectivity index (χ4v) is 3.17. The van der Waals surface area contributed by atoms with E-state index in [9.17, 15) is 23.7 Å². The van der Waals surface area contributed by atoms with Crippen molar-refractivity contribution < 1.29 is 37.1 Å². The highest BCUT2D eigenvalue weighted by Crippen LogP contribution is 2.33. The number of carbonyl (C=O) groups excluding carboxylic acids is 1. The van der Waals surface area contributed by atoms with Gasteiger partial charge in [0.2, 0.25) is 0 Å². The summed E-state index contributed by atoms with van der Waals surface area (Å²) in [6.07, 6.45) is 1.28. The Kier molecular flexibility index (Phi) is 6.08. The minimum atomic E-state index is -0.792. The quantitative estimate of drug-likeness (QED) is 0.303. The second-order valence-corrected chi connectivity index (χ2v) is 6.86. The molecule has 4 rings (SSSR count). The molecular formula is C21H16F2N2O7. The van der Waals surface area contributed by atoms with Crippen LogP contribution in [-0.4, -0.2) is 22.7 Å². The van der Waals surface area contributed by atoms with Gasteiger partial charge in [-0.1, -0.05) is 0 Å². The maximum absolute atomic E-state index is 13.9. The number of hydrogen-bond acceptors (Lipinski definition) is 8. The van der Waals surface area contributed by atoms with Crippen molar-refractivity contribution in [2.45, 2.75) is 26.1 Å². The van der Waals surface area contributed by atoms with Crippen molar-refractivity contribution in [1.82, 2.24) is 4.98 Å². The van der Waals surface area contributed by atoms with Gasteiger partial charge in [-0.25, -0.2) is 13.8 Å². The van der Waals surface area contributed by atoms with Crippen LogP contribution in [0.1, 0.15) is 23.4 Å². The molecule has 0 unspecified atom stereocenters. The lowest BCUT2D eigenvalue weighted by molar-refractivity contribution is -0.385. The van der Waals surface area contributed by atoms with E-state index in [1.54, 1.807) is 0 Å². The fourth-order valence-electron chi connectivity index (χ4n) is 3.17. The van der Waals surface area contributed by atoms with Crippen LogP contribution < -0.4 is 4.74 Å². The van der Waals surface area contributed by atoms with Gasteiger partial charge in [0.25, 0.3) is 5.69 Å². The summed E-state index contributed by atoms with van der Waals surface area (Å²) in [6, 6.07) is 5.70. The van der Waals surface area contributed by atoms with E-state index in [4.69, 9.17) is 18.6 Å². The minimum absolute atomic E-state index is 0.00704. The Morgan fingerprint density at radius 1 is 1.25 bits per heavy atom. The molecule has 2 aromatic carbocycles. The van der Waals surface area contributed by atoms with Gasteiger partial charge in [-0.05, 0) is 12.1 Å². The number of oxazole rings is 1. The van der Waals surface area contributed by atoms with E-state index in [0.717, 1.165) is 12.1 Å². The second kappa shape index (κ2) is 9.10. The first-order valence-electron chi connectivity index (χ1n) is 9.47. The van der Waals surface area contributed by atoms with E-state index >= 15 is 0 Å². The summed E-state index contributed by atoms with van der Waals surface area (Å²) in [5.41, 5.74) is 0.740. The third-order valence-corrected chi connectivity index (χ3v) is 4.66. The molecule has 0 aliphatic carbocycles. The monoisotopic (exact) mass is 446 g/mol. The Morgan fingerprint density at radius 2 is 2.09 bits per heavy atom. The number of rotatable bonds is 7. The normalized spacial score (nSPS) is 12.7. The van der Waals surface area contributed by atoms with Crippen molar-refractivity contribution in [2.24, 2.45) is 0 Å². The topological polar surface area (TPSA) is 114 Å². The first-order chi connectivity index (χ1) is 15.4. The van der Waals surface area contributed by atoms with E-state index in [1.165, 1.54) is 24.4 Å². The molecule has 0 amide bonds. The van der Waals surface area contributed by atoms with E-state index in [2.05, 4.69) is 4.98 Å². The summed E-state index contributed by atoms with van der Waals surface area (Å²) in [6.45, 7) is -0.0769. The molecule has 0 atom stereocenters. The number of halogens is 2.